The van der Waals surface area contributed by atoms with Crippen LogP contribution >= 0.6 is 0 Å². The number of hydrogen-bond donors (Lipinski definition) is 0. The summed E-state index contributed by atoms with van der Waals surface area (Å²) in [6, 6.07) is 63.3. The highest BCUT2D eigenvalue weighted by molar-refractivity contribution is 6.21. The topological polar surface area (TPSA) is 49.6 Å². The monoisotopic (exact) mass is 635 g/mol. The van der Waals surface area contributed by atoms with Gasteiger partial charge in [0, 0.05) is 16.7 Å². The fourth-order valence-corrected chi connectivity index (χ4v) is 7.07. The lowest BCUT2D eigenvalue weighted by molar-refractivity contribution is 1.18. The first-order valence-electron chi connectivity index (χ1n) is 16.7. The number of rotatable bonds is 5. The molecule has 0 aliphatic carbocycles. The van der Waals surface area contributed by atoms with Crippen molar-refractivity contribution < 1.29 is 0 Å². The molecule has 0 atom stereocenters. The molecule has 232 valence electrons. The van der Waals surface area contributed by atoms with Gasteiger partial charge in [-0.25, -0.2) is 9.97 Å². The molecule has 0 spiro atoms. The Morgan fingerprint density at radius 1 is 0.380 bits per heavy atom. The molecule has 0 fully saturated rings. The van der Waals surface area contributed by atoms with Gasteiger partial charge in [0.1, 0.15) is 0 Å². The van der Waals surface area contributed by atoms with Crippen LogP contribution in [0.25, 0.3) is 88.5 Å². The van der Waals surface area contributed by atoms with E-state index in [0.29, 0.717) is 11.4 Å². The van der Waals surface area contributed by atoms with Gasteiger partial charge in [-0.3, -0.25) is 0 Å². The molecule has 0 saturated heterocycles. The van der Waals surface area contributed by atoms with Crippen molar-refractivity contribution in [2.75, 3.05) is 0 Å². The molecule has 1 heterocycles. The molecule has 0 aliphatic heterocycles. The Balaban J connectivity index is 1.29. The van der Waals surface area contributed by atoms with E-state index in [0.717, 1.165) is 44.8 Å². The highest BCUT2D eigenvalue weighted by atomic mass is 14.9. The Labute approximate surface area is 290 Å². The number of benzene rings is 8. The summed E-state index contributed by atoms with van der Waals surface area (Å²) in [5, 5.41) is 16.6. The van der Waals surface area contributed by atoms with Gasteiger partial charge in [-0.15, -0.1) is 0 Å². The molecule has 0 bridgehead atoms. The molecule has 3 nitrogen and oxygen atoms in total. The molecule has 0 N–H and O–H groups in total. The number of aromatic nitrogens is 2. The second kappa shape index (κ2) is 12.3. The SMILES string of the molecule is N#Cc1ccc(-c2cccc(-c3cc(-c4ccccc4)nc(-c4ccccc4-c4c5ccccc5cc5c4ccc4ccccc45)n3)c2)cc1. The summed E-state index contributed by atoms with van der Waals surface area (Å²) in [7, 11) is 0. The lowest BCUT2D eigenvalue weighted by Crippen LogP contribution is -1.98. The molecular weight excluding hydrogens is 607 g/mol. The van der Waals surface area contributed by atoms with Crippen molar-refractivity contribution in [2.45, 2.75) is 0 Å². The highest BCUT2D eigenvalue weighted by Gasteiger charge is 2.19. The van der Waals surface area contributed by atoms with Gasteiger partial charge in [0.2, 0.25) is 0 Å². The third-order valence-corrected chi connectivity index (χ3v) is 9.51. The van der Waals surface area contributed by atoms with Gasteiger partial charge in [0.15, 0.2) is 5.82 Å². The zero-order valence-corrected chi connectivity index (χ0v) is 27.1. The first kappa shape index (κ1) is 29.3. The molecule has 9 aromatic rings. The molecule has 0 amide bonds. The maximum absolute atomic E-state index is 9.31. The molecule has 1 aromatic heterocycles. The quantitative estimate of drug-likeness (QED) is 0.140. The van der Waals surface area contributed by atoms with E-state index in [9.17, 15) is 5.26 Å². The van der Waals surface area contributed by atoms with Gasteiger partial charge in [-0.1, -0.05) is 146 Å². The smallest absolute Gasteiger partial charge is 0.161 e. The first-order valence-corrected chi connectivity index (χ1v) is 16.7. The Bertz CT molecular complexity index is 2760. The van der Waals surface area contributed by atoms with Crippen LogP contribution in [0.15, 0.2) is 176 Å². The summed E-state index contributed by atoms with van der Waals surface area (Å²) in [6.07, 6.45) is 0. The number of hydrogen-bond acceptors (Lipinski definition) is 3. The van der Waals surface area contributed by atoms with Gasteiger partial charge < -0.3 is 0 Å². The fraction of sp³-hybridized carbons (Fsp3) is 0. The predicted molar refractivity (Wildman–Crippen MR) is 206 cm³/mol. The summed E-state index contributed by atoms with van der Waals surface area (Å²) in [4.78, 5) is 10.6. The van der Waals surface area contributed by atoms with Crippen molar-refractivity contribution in [3.8, 4) is 62.2 Å². The lowest BCUT2D eigenvalue weighted by Gasteiger charge is -2.17. The third-order valence-electron chi connectivity index (χ3n) is 9.51. The van der Waals surface area contributed by atoms with Crippen molar-refractivity contribution in [3.05, 3.63) is 181 Å². The van der Waals surface area contributed by atoms with E-state index in [1.165, 1.54) is 37.9 Å². The van der Waals surface area contributed by atoms with E-state index in [1.807, 2.05) is 42.5 Å². The zero-order valence-electron chi connectivity index (χ0n) is 27.1. The minimum atomic E-state index is 0.642. The van der Waals surface area contributed by atoms with Crippen molar-refractivity contribution in [1.29, 1.82) is 5.26 Å². The molecule has 0 saturated carbocycles. The van der Waals surface area contributed by atoms with Crippen molar-refractivity contribution in [2.24, 2.45) is 0 Å². The number of nitriles is 1. The van der Waals surface area contributed by atoms with Crippen LogP contribution in [-0.2, 0) is 0 Å². The fourth-order valence-electron chi connectivity index (χ4n) is 7.07. The maximum Gasteiger partial charge on any atom is 0.161 e. The van der Waals surface area contributed by atoms with Gasteiger partial charge in [0.25, 0.3) is 0 Å². The molecule has 50 heavy (non-hydrogen) atoms. The Morgan fingerprint density at radius 2 is 1.02 bits per heavy atom. The normalized spacial score (nSPS) is 11.2. The van der Waals surface area contributed by atoms with Gasteiger partial charge >= 0.3 is 0 Å². The molecule has 0 radical (unpaired) electrons. The van der Waals surface area contributed by atoms with Crippen LogP contribution in [0, 0.1) is 11.3 Å². The van der Waals surface area contributed by atoms with Gasteiger partial charge in [-0.05, 0) is 84.9 Å². The molecule has 8 aromatic carbocycles. The predicted octanol–water partition coefficient (Wildman–Crippen LogP) is 12.1. The van der Waals surface area contributed by atoms with Crippen LogP contribution in [0.1, 0.15) is 5.56 Å². The van der Waals surface area contributed by atoms with E-state index in [4.69, 9.17) is 9.97 Å². The molecule has 0 aliphatic rings. The average Bonchev–Trinajstić information content (AvgIpc) is 3.20. The van der Waals surface area contributed by atoms with Crippen LogP contribution in [0.2, 0.25) is 0 Å². The summed E-state index contributed by atoms with van der Waals surface area (Å²) < 4.78 is 0. The number of nitrogens with zero attached hydrogens (tertiary/aromatic N) is 3. The largest absolute Gasteiger partial charge is 0.228 e. The van der Waals surface area contributed by atoms with Crippen LogP contribution < -0.4 is 0 Å². The minimum absolute atomic E-state index is 0.642. The highest BCUT2D eigenvalue weighted by Crippen LogP contribution is 2.43. The second-order valence-corrected chi connectivity index (χ2v) is 12.5. The average molecular weight is 636 g/mol. The minimum Gasteiger partial charge on any atom is -0.228 e. The first-order chi connectivity index (χ1) is 24.7. The molecule has 3 heteroatoms. The van der Waals surface area contributed by atoms with Crippen LogP contribution in [-0.4, -0.2) is 9.97 Å². The maximum atomic E-state index is 9.31. The second-order valence-electron chi connectivity index (χ2n) is 12.5. The van der Waals surface area contributed by atoms with Gasteiger partial charge in [0.05, 0.1) is 23.0 Å². The van der Waals surface area contributed by atoms with Crippen LogP contribution in [0.5, 0.6) is 0 Å². The van der Waals surface area contributed by atoms with E-state index in [2.05, 4.69) is 140 Å². The Morgan fingerprint density at radius 3 is 1.82 bits per heavy atom. The summed E-state index contributed by atoms with van der Waals surface area (Å²) in [6.45, 7) is 0. The molecule has 0 unspecified atom stereocenters. The van der Waals surface area contributed by atoms with Crippen LogP contribution in [0.3, 0.4) is 0 Å². The van der Waals surface area contributed by atoms with Crippen molar-refractivity contribution in [1.82, 2.24) is 9.97 Å². The van der Waals surface area contributed by atoms with Crippen molar-refractivity contribution >= 4 is 32.3 Å². The van der Waals surface area contributed by atoms with Gasteiger partial charge in [-0.2, -0.15) is 5.26 Å². The summed E-state index contributed by atoms with van der Waals surface area (Å²) in [5.74, 6) is 0.669. The van der Waals surface area contributed by atoms with E-state index in [1.54, 1.807) is 0 Å². The zero-order chi connectivity index (χ0) is 33.4. The van der Waals surface area contributed by atoms with E-state index in [-0.39, 0.29) is 0 Å². The standard InChI is InChI=1S/C47H29N3/c48-30-31-21-23-32(24-22-31)35-15-10-16-37(27-35)45-29-44(34-12-2-1-3-13-34)49-47(50-45)42-20-9-8-19-40(42)46-39-18-7-5-14-36(39)28-43-38-17-6-4-11-33(38)25-26-41(43)46/h1-29H. The van der Waals surface area contributed by atoms with E-state index >= 15 is 0 Å². The van der Waals surface area contributed by atoms with Crippen LogP contribution in [0.4, 0.5) is 0 Å². The molecular formula is C47H29N3. The Kier molecular flexibility index (Phi) is 7.19. The Hall–Kier alpha value is -6.89. The van der Waals surface area contributed by atoms with Crippen molar-refractivity contribution in [3.63, 3.8) is 0 Å². The third kappa shape index (κ3) is 5.17. The molecule has 9 rings (SSSR count). The summed E-state index contributed by atoms with van der Waals surface area (Å²) >= 11 is 0. The number of fused-ring (bicyclic) bond motifs is 4. The lowest BCUT2D eigenvalue weighted by atomic mass is 9.88. The van der Waals surface area contributed by atoms with E-state index < -0.39 is 0 Å². The summed E-state index contributed by atoms with van der Waals surface area (Å²) in [5.41, 5.74) is 9.71.